The lowest BCUT2D eigenvalue weighted by molar-refractivity contribution is 0.355. The lowest BCUT2D eigenvalue weighted by Crippen LogP contribution is -2.45. The Morgan fingerprint density at radius 3 is 2.57 bits per heavy atom. The SMILES string of the molecule is C1CC1.C=C/C(=N\N=C(/C)N1CCNCC1)c1ccc(-c2cn[nH]c2CC)cc1O. The van der Waals surface area contributed by atoms with Crippen LogP contribution in [0.15, 0.2) is 47.3 Å². The number of benzene rings is 1. The van der Waals surface area contributed by atoms with Crippen molar-refractivity contribution in [2.45, 2.75) is 39.5 Å². The summed E-state index contributed by atoms with van der Waals surface area (Å²) in [7, 11) is 0. The van der Waals surface area contributed by atoms with Gasteiger partial charge in [-0.05, 0) is 37.1 Å². The van der Waals surface area contributed by atoms with Crippen molar-refractivity contribution in [3.63, 3.8) is 0 Å². The highest BCUT2D eigenvalue weighted by atomic mass is 16.3. The minimum absolute atomic E-state index is 0.143. The second kappa shape index (κ2) is 10.7. The maximum Gasteiger partial charge on any atom is 0.125 e. The van der Waals surface area contributed by atoms with Crippen LogP contribution in [0.2, 0.25) is 0 Å². The summed E-state index contributed by atoms with van der Waals surface area (Å²) in [6, 6.07) is 5.52. The molecule has 0 atom stereocenters. The number of hydrogen-bond donors (Lipinski definition) is 3. The van der Waals surface area contributed by atoms with Crippen LogP contribution in [0.5, 0.6) is 5.75 Å². The first-order valence-electron chi connectivity index (χ1n) is 10.7. The highest BCUT2D eigenvalue weighted by Gasteiger charge is 2.13. The van der Waals surface area contributed by atoms with Crippen LogP contribution in [0.3, 0.4) is 0 Å². The Balaban J connectivity index is 0.000000782. The summed E-state index contributed by atoms with van der Waals surface area (Å²) in [6.45, 7) is 11.6. The quantitative estimate of drug-likeness (QED) is 0.400. The number of allylic oxidation sites excluding steroid dienone is 1. The zero-order chi connectivity index (χ0) is 21.3. The molecular formula is C23H32N6O. The molecule has 1 aliphatic heterocycles. The molecule has 1 aromatic heterocycles. The van der Waals surface area contributed by atoms with Crippen LogP contribution in [0.1, 0.15) is 44.4 Å². The Labute approximate surface area is 178 Å². The number of aromatic amines is 1. The average molecular weight is 409 g/mol. The Morgan fingerprint density at radius 1 is 1.23 bits per heavy atom. The molecule has 7 nitrogen and oxygen atoms in total. The van der Waals surface area contributed by atoms with Gasteiger partial charge in [0, 0.05) is 43.0 Å². The number of aromatic hydroxyl groups is 1. The third-order valence-electron chi connectivity index (χ3n) is 5.08. The number of aromatic nitrogens is 2. The van der Waals surface area contributed by atoms with Gasteiger partial charge in [0.05, 0.1) is 11.9 Å². The van der Waals surface area contributed by atoms with Crippen LogP contribution in [0.25, 0.3) is 11.1 Å². The molecule has 2 fully saturated rings. The number of piperazine rings is 1. The van der Waals surface area contributed by atoms with Gasteiger partial charge in [0.15, 0.2) is 0 Å². The molecular weight excluding hydrogens is 376 g/mol. The van der Waals surface area contributed by atoms with Crippen LogP contribution in [-0.2, 0) is 6.42 Å². The summed E-state index contributed by atoms with van der Waals surface area (Å²) in [6.07, 6.45) is 8.73. The molecule has 1 aliphatic carbocycles. The Morgan fingerprint density at radius 2 is 1.97 bits per heavy atom. The van der Waals surface area contributed by atoms with E-state index in [4.69, 9.17) is 0 Å². The first-order chi connectivity index (χ1) is 14.6. The van der Waals surface area contributed by atoms with Crippen molar-refractivity contribution in [1.82, 2.24) is 20.4 Å². The number of phenols is 1. The standard InChI is InChI=1S/C20H26N6O.C3H6/c1-4-18(25-23-14(3)26-10-8-21-9-11-26)16-7-6-15(12-20(16)27)17-13-22-24-19(17)5-2;1-2-3-1/h4,6-7,12-13,21,27H,1,5,8-11H2,2-3H3,(H,22,24);1-3H2/b23-14+,25-18+;. The van der Waals surface area contributed by atoms with Crippen molar-refractivity contribution < 1.29 is 5.11 Å². The normalized spacial score (nSPS) is 16.7. The fourth-order valence-electron chi connectivity index (χ4n) is 3.13. The van der Waals surface area contributed by atoms with Crippen molar-refractivity contribution in [2.24, 2.45) is 10.2 Å². The lowest BCUT2D eigenvalue weighted by atomic mass is 10.0. The Kier molecular flexibility index (Phi) is 7.79. The van der Waals surface area contributed by atoms with Gasteiger partial charge in [-0.15, -0.1) is 10.2 Å². The molecule has 1 saturated carbocycles. The molecule has 2 aliphatic rings. The maximum absolute atomic E-state index is 10.5. The first kappa shape index (κ1) is 21.8. The number of nitrogens with one attached hydrogen (secondary N) is 2. The molecule has 0 spiro atoms. The second-order valence-corrected chi connectivity index (χ2v) is 7.48. The topological polar surface area (TPSA) is 88.9 Å². The van der Waals surface area contributed by atoms with E-state index in [1.807, 2.05) is 19.1 Å². The van der Waals surface area contributed by atoms with E-state index in [1.54, 1.807) is 18.3 Å². The average Bonchev–Trinajstić information content (AvgIpc) is 3.59. The summed E-state index contributed by atoms with van der Waals surface area (Å²) in [5.74, 6) is 1.00. The molecule has 1 saturated heterocycles. The van der Waals surface area contributed by atoms with Crippen LogP contribution < -0.4 is 5.32 Å². The number of hydrogen-bond acceptors (Lipinski definition) is 5. The van der Waals surface area contributed by atoms with Gasteiger partial charge < -0.3 is 15.3 Å². The van der Waals surface area contributed by atoms with E-state index in [0.29, 0.717) is 11.3 Å². The predicted molar refractivity (Wildman–Crippen MR) is 123 cm³/mol. The van der Waals surface area contributed by atoms with Crippen LogP contribution in [0, 0.1) is 0 Å². The first-order valence-corrected chi connectivity index (χ1v) is 10.7. The summed E-state index contributed by atoms with van der Waals surface area (Å²) in [4.78, 5) is 2.19. The van der Waals surface area contributed by atoms with Crippen molar-refractivity contribution in [3.05, 3.63) is 48.3 Å². The zero-order valence-electron chi connectivity index (χ0n) is 18.0. The fourth-order valence-corrected chi connectivity index (χ4v) is 3.13. The summed E-state index contributed by atoms with van der Waals surface area (Å²) < 4.78 is 0. The number of aryl methyl sites for hydroxylation is 1. The Hall–Kier alpha value is -2.93. The minimum Gasteiger partial charge on any atom is -0.507 e. The fraction of sp³-hybridized carbons (Fsp3) is 0.435. The zero-order valence-corrected chi connectivity index (χ0v) is 18.0. The van der Waals surface area contributed by atoms with E-state index >= 15 is 0 Å². The number of nitrogens with zero attached hydrogens (tertiary/aromatic N) is 4. The highest BCUT2D eigenvalue weighted by molar-refractivity contribution is 6.10. The van der Waals surface area contributed by atoms with Gasteiger partial charge in [-0.25, -0.2) is 0 Å². The minimum atomic E-state index is 0.143. The third kappa shape index (κ3) is 5.79. The third-order valence-corrected chi connectivity index (χ3v) is 5.08. The van der Waals surface area contributed by atoms with Gasteiger partial charge in [-0.2, -0.15) is 5.10 Å². The monoisotopic (exact) mass is 408 g/mol. The molecule has 0 amide bonds. The molecule has 0 radical (unpaired) electrons. The number of phenolic OH excluding ortho intramolecular Hbond substituents is 1. The largest absolute Gasteiger partial charge is 0.507 e. The summed E-state index contributed by atoms with van der Waals surface area (Å²) in [5, 5.41) is 29.6. The molecule has 2 aromatic rings. The van der Waals surface area contributed by atoms with Crippen LogP contribution in [-0.4, -0.2) is 57.9 Å². The molecule has 2 heterocycles. The van der Waals surface area contributed by atoms with Crippen molar-refractivity contribution in [2.75, 3.05) is 26.2 Å². The molecule has 30 heavy (non-hydrogen) atoms. The summed E-state index contributed by atoms with van der Waals surface area (Å²) in [5.41, 5.74) is 4.08. The van der Waals surface area contributed by atoms with E-state index in [2.05, 4.69) is 44.1 Å². The molecule has 1 aromatic carbocycles. The van der Waals surface area contributed by atoms with Gasteiger partial charge in [-0.3, -0.25) is 5.10 Å². The van der Waals surface area contributed by atoms with E-state index in [-0.39, 0.29) is 5.75 Å². The molecule has 4 rings (SSSR count). The van der Waals surface area contributed by atoms with Crippen molar-refractivity contribution >= 4 is 11.5 Å². The van der Waals surface area contributed by atoms with Gasteiger partial charge in [0.1, 0.15) is 11.6 Å². The van der Waals surface area contributed by atoms with Crippen molar-refractivity contribution in [3.8, 4) is 16.9 Å². The van der Waals surface area contributed by atoms with E-state index in [1.165, 1.54) is 19.3 Å². The second-order valence-electron chi connectivity index (χ2n) is 7.48. The highest BCUT2D eigenvalue weighted by Crippen LogP contribution is 2.29. The van der Waals surface area contributed by atoms with Crippen LogP contribution >= 0.6 is 0 Å². The van der Waals surface area contributed by atoms with Crippen LogP contribution in [0.4, 0.5) is 0 Å². The van der Waals surface area contributed by atoms with Gasteiger partial charge in [-0.1, -0.05) is 38.8 Å². The molecule has 160 valence electrons. The van der Waals surface area contributed by atoms with Crippen molar-refractivity contribution in [1.29, 1.82) is 0 Å². The van der Waals surface area contributed by atoms with Gasteiger partial charge >= 0.3 is 0 Å². The smallest absolute Gasteiger partial charge is 0.125 e. The van der Waals surface area contributed by atoms with E-state index in [0.717, 1.165) is 55.3 Å². The number of rotatable bonds is 5. The maximum atomic E-state index is 10.5. The Bertz CT molecular complexity index is 903. The molecule has 3 N–H and O–H groups in total. The summed E-state index contributed by atoms with van der Waals surface area (Å²) >= 11 is 0. The van der Waals surface area contributed by atoms with Gasteiger partial charge in [0.25, 0.3) is 0 Å². The molecule has 7 heteroatoms. The number of H-pyrrole nitrogens is 1. The molecule has 0 unspecified atom stereocenters. The predicted octanol–water partition coefficient (Wildman–Crippen LogP) is 3.73. The lowest BCUT2D eigenvalue weighted by Gasteiger charge is -2.28. The van der Waals surface area contributed by atoms with E-state index < -0.39 is 0 Å². The molecule has 0 bridgehead atoms. The number of amidine groups is 1. The van der Waals surface area contributed by atoms with E-state index in [9.17, 15) is 5.11 Å². The van der Waals surface area contributed by atoms with Gasteiger partial charge in [0.2, 0.25) is 0 Å².